The Labute approximate surface area is 162 Å². The van der Waals surface area contributed by atoms with Gasteiger partial charge in [-0.1, -0.05) is 54.1 Å². The number of aromatic nitrogens is 1. The van der Waals surface area contributed by atoms with E-state index in [4.69, 9.17) is 9.40 Å². The minimum Gasteiger partial charge on any atom is -0.423 e. The molecular weight excluding hydrogens is 346 g/mol. The van der Waals surface area contributed by atoms with Gasteiger partial charge < -0.3 is 4.42 Å². The predicted octanol–water partition coefficient (Wildman–Crippen LogP) is 5.83. The van der Waals surface area contributed by atoms with Gasteiger partial charge in [0.2, 0.25) is 0 Å². The first-order valence-corrected chi connectivity index (χ1v) is 9.40. The molecule has 2 heterocycles. The van der Waals surface area contributed by atoms with E-state index in [0.717, 1.165) is 38.7 Å². The molecule has 2 aromatic carbocycles. The van der Waals surface area contributed by atoms with E-state index in [1.54, 1.807) is 0 Å². The van der Waals surface area contributed by atoms with E-state index < -0.39 is 0 Å². The molecule has 3 nitrogen and oxygen atoms in total. The van der Waals surface area contributed by atoms with Crippen LogP contribution in [0.25, 0.3) is 33.0 Å². The van der Waals surface area contributed by atoms with Gasteiger partial charge in [0.1, 0.15) is 5.58 Å². The van der Waals surface area contributed by atoms with Crippen molar-refractivity contribution in [3.8, 4) is 11.1 Å². The first kappa shape index (κ1) is 16.7. The molecule has 136 valence electrons. The maximum atomic E-state index is 11.8. The summed E-state index contributed by atoms with van der Waals surface area (Å²) in [5, 5.41) is 2.00. The molecule has 0 bridgehead atoms. The van der Waals surface area contributed by atoms with E-state index in [0.29, 0.717) is 5.58 Å². The summed E-state index contributed by atoms with van der Waals surface area (Å²) in [5.74, 6) is 0.161. The lowest BCUT2D eigenvalue weighted by Gasteiger charge is -2.14. The summed E-state index contributed by atoms with van der Waals surface area (Å²) >= 11 is 0. The maximum absolute atomic E-state index is 11.8. The number of nitrogens with zero attached hydrogens (tertiary/aromatic N) is 1. The van der Waals surface area contributed by atoms with Gasteiger partial charge in [-0.25, -0.2) is 4.79 Å². The van der Waals surface area contributed by atoms with Gasteiger partial charge in [-0.3, -0.25) is 4.98 Å². The van der Waals surface area contributed by atoms with Crippen molar-refractivity contribution in [1.29, 1.82) is 0 Å². The van der Waals surface area contributed by atoms with Crippen LogP contribution in [-0.4, -0.2) is 4.98 Å². The highest BCUT2D eigenvalue weighted by molar-refractivity contribution is 6.02. The van der Waals surface area contributed by atoms with Gasteiger partial charge in [-0.05, 0) is 42.7 Å². The molecule has 1 aliphatic rings. The fourth-order valence-corrected chi connectivity index (χ4v) is 3.83. The monoisotopic (exact) mass is 365 g/mol. The van der Waals surface area contributed by atoms with Crippen LogP contribution in [0, 0.1) is 13.8 Å². The topological polar surface area (TPSA) is 43.1 Å². The lowest BCUT2D eigenvalue weighted by atomic mass is 9.95. The fraction of sp³-hybridized carbons (Fsp3) is 0.120. The highest BCUT2D eigenvalue weighted by atomic mass is 16.4. The zero-order valence-electron chi connectivity index (χ0n) is 15.8. The molecule has 5 rings (SSSR count). The molecule has 0 radical (unpaired) electrons. The quantitative estimate of drug-likeness (QED) is 0.331. The van der Waals surface area contributed by atoms with E-state index >= 15 is 0 Å². The standard InChI is InChI=1S/C25H19NO2/c1-15-7-9-17(10-8-15)20-13-22(18-5-3-4-6-18)26-23-14-24-19(12-21(20)23)16(2)11-25(27)28-24/h3-14,18H,1-2H3. The van der Waals surface area contributed by atoms with Crippen LogP contribution < -0.4 is 5.63 Å². The smallest absolute Gasteiger partial charge is 0.336 e. The van der Waals surface area contributed by atoms with Crippen LogP contribution in [0.4, 0.5) is 0 Å². The van der Waals surface area contributed by atoms with Crippen molar-refractivity contribution >= 4 is 21.9 Å². The zero-order chi connectivity index (χ0) is 19.3. The molecule has 0 amide bonds. The van der Waals surface area contributed by atoms with Crippen LogP contribution in [0.5, 0.6) is 0 Å². The molecule has 3 heteroatoms. The van der Waals surface area contributed by atoms with Gasteiger partial charge in [-0.2, -0.15) is 0 Å². The van der Waals surface area contributed by atoms with Crippen LogP contribution in [0.15, 0.2) is 82.0 Å². The summed E-state index contributed by atoms with van der Waals surface area (Å²) < 4.78 is 5.45. The number of rotatable bonds is 2. The van der Waals surface area contributed by atoms with E-state index in [-0.39, 0.29) is 11.5 Å². The van der Waals surface area contributed by atoms with Crippen LogP contribution in [0.3, 0.4) is 0 Å². The van der Waals surface area contributed by atoms with Crippen LogP contribution in [0.2, 0.25) is 0 Å². The molecule has 0 fully saturated rings. The van der Waals surface area contributed by atoms with E-state index in [1.807, 2.05) is 25.1 Å². The SMILES string of the molecule is Cc1ccc(-c2cc(C3C=CC=C3)nc3cc4oc(=O)cc(C)c4cc23)cc1. The van der Waals surface area contributed by atoms with Crippen LogP contribution in [-0.2, 0) is 0 Å². The van der Waals surface area contributed by atoms with E-state index in [9.17, 15) is 4.79 Å². The molecule has 4 aromatic rings. The van der Waals surface area contributed by atoms with Crippen molar-refractivity contribution in [1.82, 2.24) is 4.98 Å². The first-order valence-electron chi connectivity index (χ1n) is 9.40. The van der Waals surface area contributed by atoms with Crippen LogP contribution >= 0.6 is 0 Å². The Morgan fingerprint density at radius 3 is 2.39 bits per heavy atom. The number of hydrogen-bond donors (Lipinski definition) is 0. The van der Waals surface area contributed by atoms with Crippen molar-refractivity contribution in [3.63, 3.8) is 0 Å². The summed E-state index contributed by atoms with van der Waals surface area (Å²) in [6.07, 6.45) is 8.37. The van der Waals surface area contributed by atoms with Gasteiger partial charge in [0, 0.05) is 28.8 Å². The molecule has 1 aliphatic carbocycles. The summed E-state index contributed by atoms with van der Waals surface area (Å²) in [7, 11) is 0. The van der Waals surface area contributed by atoms with Gasteiger partial charge >= 0.3 is 5.63 Å². The van der Waals surface area contributed by atoms with Crippen LogP contribution in [0.1, 0.15) is 22.7 Å². The lowest BCUT2D eigenvalue weighted by Crippen LogP contribution is -2.00. The first-order chi connectivity index (χ1) is 13.6. The predicted molar refractivity (Wildman–Crippen MR) is 114 cm³/mol. The second kappa shape index (κ2) is 6.31. The third-order valence-corrected chi connectivity index (χ3v) is 5.35. The normalized spacial score (nSPS) is 13.8. The molecule has 2 aromatic heterocycles. The number of hydrogen-bond acceptors (Lipinski definition) is 3. The zero-order valence-corrected chi connectivity index (χ0v) is 15.8. The van der Waals surface area contributed by atoms with Crippen molar-refractivity contribution in [2.45, 2.75) is 19.8 Å². The third kappa shape index (κ3) is 2.76. The van der Waals surface area contributed by atoms with Crippen molar-refractivity contribution in [3.05, 3.63) is 100 Å². The second-order valence-electron chi connectivity index (χ2n) is 7.37. The number of aryl methyl sites for hydroxylation is 2. The summed E-state index contributed by atoms with van der Waals surface area (Å²) in [5.41, 5.74) is 6.50. The summed E-state index contributed by atoms with van der Waals surface area (Å²) in [4.78, 5) is 16.7. The molecule has 0 unspecified atom stereocenters. The lowest BCUT2D eigenvalue weighted by molar-refractivity contribution is 0.560. The molecule has 28 heavy (non-hydrogen) atoms. The van der Waals surface area contributed by atoms with Gasteiger partial charge in [0.25, 0.3) is 0 Å². The Kier molecular flexibility index (Phi) is 3.76. The Hall–Kier alpha value is -3.46. The fourth-order valence-electron chi connectivity index (χ4n) is 3.83. The van der Waals surface area contributed by atoms with Crippen molar-refractivity contribution in [2.24, 2.45) is 0 Å². The van der Waals surface area contributed by atoms with Crippen molar-refractivity contribution < 1.29 is 4.42 Å². The Balaban J connectivity index is 1.87. The van der Waals surface area contributed by atoms with E-state index in [2.05, 4.69) is 55.5 Å². The Morgan fingerprint density at radius 1 is 0.893 bits per heavy atom. The minimum absolute atomic E-state index is 0.161. The molecule has 0 aliphatic heterocycles. The number of fused-ring (bicyclic) bond motifs is 2. The summed E-state index contributed by atoms with van der Waals surface area (Å²) in [6, 6.07) is 16.3. The summed E-state index contributed by atoms with van der Waals surface area (Å²) in [6.45, 7) is 4.03. The third-order valence-electron chi connectivity index (χ3n) is 5.35. The average Bonchev–Trinajstić information content (AvgIpc) is 3.21. The maximum Gasteiger partial charge on any atom is 0.336 e. The van der Waals surface area contributed by atoms with Gasteiger partial charge in [-0.15, -0.1) is 0 Å². The molecule has 0 atom stereocenters. The molecule has 0 saturated carbocycles. The molecular formula is C25H19NO2. The number of benzene rings is 2. The average molecular weight is 365 g/mol. The highest BCUT2D eigenvalue weighted by Crippen LogP contribution is 2.35. The van der Waals surface area contributed by atoms with E-state index in [1.165, 1.54) is 11.6 Å². The minimum atomic E-state index is -0.332. The number of allylic oxidation sites excluding steroid dienone is 4. The van der Waals surface area contributed by atoms with Gasteiger partial charge in [0.05, 0.1) is 11.2 Å². The highest BCUT2D eigenvalue weighted by Gasteiger charge is 2.16. The Morgan fingerprint density at radius 2 is 1.64 bits per heavy atom. The Bertz CT molecular complexity index is 1330. The molecule has 0 spiro atoms. The largest absolute Gasteiger partial charge is 0.423 e. The number of pyridine rings is 1. The molecule has 0 saturated heterocycles. The van der Waals surface area contributed by atoms with Crippen molar-refractivity contribution in [2.75, 3.05) is 0 Å². The second-order valence-corrected chi connectivity index (χ2v) is 7.37. The molecule has 0 N–H and O–H groups in total. The van der Waals surface area contributed by atoms with Gasteiger partial charge in [0.15, 0.2) is 0 Å².